The third kappa shape index (κ3) is 3.11. The van der Waals surface area contributed by atoms with Gasteiger partial charge in [-0.05, 0) is 12.5 Å². The number of fused-ring (bicyclic) bond motifs is 1. The number of aromatic nitrogens is 3. The molecule has 0 fully saturated rings. The molecule has 0 aliphatic carbocycles. The first-order valence-corrected chi connectivity index (χ1v) is 6.19. The SMILES string of the molecule is CCCNC(=O)c1cc2nc(C(F)F)cc(C(F)F)n2n1. The summed E-state index contributed by atoms with van der Waals surface area (Å²) >= 11 is 0. The summed E-state index contributed by atoms with van der Waals surface area (Å²) in [5.41, 5.74) is -1.88. The average molecular weight is 304 g/mol. The zero-order chi connectivity index (χ0) is 15.6. The molecule has 1 N–H and O–H groups in total. The molecule has 2 rings (SSSR count). The highest BCUT2D eigenvalue weighted by Gasteiger charge is 2.21. The first kappa shape index (κ1) is 15.2. The van der Waals surface area contributed by atoms with E-state index in [1.807, 2.05) is 6.92 Å². The Morgan fingerprint density at radius 3 is 2.57 bits per heavy atom. The molecule has 0 aromatic carbocycles. The predicted octanol–water partition coefficient (Wildman–Crippen LogP) is 2.74. The van der Waals surface area contributed by atoms with Crippen LogP contribution in [0.5, 0.6) is 0 Å². The Morgan fingerprint density at radius 1 is 1.29 bits per heavy atom. The molecule has 9 heteroatoms. The van der Waals surface area contributed by atoms with E-state index in [9.17, 15) is 22.4 Å². The number of nitrogens with one attached hydrogen (secondary N) is 1. The van der Waals surface area contributed by atoms with Gasteiger partial charge in [0.25, 0.3) is 18.8 Å². The molecule has 0 aliphatic rings. The van der Waals surface area contributed by atoms with Crippen LogP contribution in [0.4, 0.5) is 17.6 Å². The van der Waals surface area contributed by atoms with Gasteiger partial charge in [-0.2, -0.15) is 5.10 Å². The van der Waals surface area contributed by atoms with Crippen molar-refractivity contribution in [2.45, 2.75) is 26.2 Å². The highest BCUT2D eigenvalue weighted by Crippen LogP contribution is 2.25. The number of alkyl halides is 4. The summed E-state index contributed by atoms with van der Waals surface area (Å²) in [7, 11) is 0. The topological polar surface area (TPSA) is 59.3 Å². The Bertz CT molecular complexity index is 656. The van der Waals surface area contributed by atoms with Crippen LogP contribution >= 0.6 is 0 Å². The van der Waals surface area contributed by atoms with Crippen LogP contribution in [-0.4, -0.2) is 27.0 Å². The zero-order valence-electron chi connectivity index (χ0n) is 11.0. The molecular weight excluding hydrogens is 292 g/mol. The van der Waals surface area contributed by atoms with E-state index in [4.69, 9.17) is 0 Å². The maximum absolute atomic E-state index is 12.9. The smallest absolute Gasteiger partial charge is 0.280 e. The molecule has 1 amide bonds. The summed E-state index contributed by atoms with van der Waals surface area (Å²) in [6.45, 7) is 2.24. The van der Waals surface area contributed by atoms with Crippen LogP contribution in [-0.2, 0) is 0 Å². The third-order valence-corrected chi connectivity index (χ3v) is 2.69. The monoisotopic (exact) mass is 304 g/mol. The molecule has 2 aromatic heterocycles. The van der Waals surface area contributed by atoms with Crippen LogP contribution in [0.3, 0.4) is 0 Å². The van der Waals surface area contributed by atoms with Crippen LogP contribution in [0.15, 0.2) is 12.1 Å². The number of carbonyl (C=O) groups excluding carboxylic acids is 1. The second kappa shape index (κ2) is 6.06. The number of rotatable bonds is 5. The first-order chi connectivity index (χ1) is 9.93. The van der Waals surface area contributed by atoms with Crippen molar-refractivity contribution in [2.24, 2.45) is 0 Å². The van der Waals surface area contributed by atoms with Crippen LogP contribution in [0.2, 0.25) is 0 Å². The van der Waals surface area contributed by atoms with Gasteiger partial charge in [0.15, 0.2) is 11.3 Å². The lowest BCUT2D eigenvalue weighted by Crippen LogP contribution is -2.24. The van der Waals surface area contributed by atoms with Crippen molar-refractivity contribution >= 4 is 11.6 Å². The van der Waals surface area contributed by atoms with Crippen molar-refractivity contribution in [1.82, 2.24) is 19.9 Å². The van der Waals surface area contributed by atoms with Crippen molar-refractivity contribution in [2.75, 3.05) is 6.54 Å². The maximum atomic E-state index is 12.9. The average Bonchev–Trinajstić information content (AvgIpc) is 2.87. The molecule has 0 saturated heterocycles. The number of hydrogen-bond acceptors (Lipinski definition) is 3. The van der Waals surface area contributed by atoms with Gasteiger partial charge in [-0.25, -0.2) is 27.1 Å². The first-order valence-electron chi connectivity index (χ1n) is 6.19. The van der Waals surface area contributed by atoms with E-state index in [-0.39, 0.29) is 11.3 Å². The fourth-order valence-corrected chi connectivity index (χ4v) is 1.73. The quantitative estimate of drug-likeness (QED) is 0.864. The predicted molar refractivity (Wildman–Crippen MR) is 65.5 cm³/mol. The van der Waals surface area contributed by atoms with Gasteiger partial charge in [-0.15, -0.1) is 0 Å². The van der Waals surface area contributed by atoms with Gasteiger partial charge in [0.1, 0.15) is 11.4 Å². The van der Waals surface area contributed by atoms with E-state index in [1.165, 1.54) is 0 Å². The van der Waals surface area contributed by atoms with Crippen molar-refractivity contribution in [3.63, 3.8) is 0 Å². The number of amides is 1. The van der Waals surface area contributed by atoms with Gasteiger partial charge >= 0.3 is 0 Å². The summed E-state index contributed by atoms with van der Waals surface area (Å²) in [4.78, 5) is 15.3. The van der Waals surface area contributed by atoms with Gasteiger partial charge in [-0.3, -0.25) is 4.79 Å². The molecule has 2 aromatic rings. The Hall–Kier alpha value is -2.19. The summed E-state index contributed by atoms with van der Waals surface area (Å²) in [6.07, 6.45) is -5.31. The fraction of sp³-hybridized carbons (Fsp3) is 0.417. The second-order valence-electron chi connectivity index (χ2n) is 4.26. The van der Waals surface area contributed by atoms with Crippen LogP contribution in [0.25, 0.3) is 5.65 Å². The molecule has 2 heterocycles. The summed E-state index contributed by atoms with van der Waals surface area (Å²) in [5, 5.41) is 6.22. The van der Waals surface area contributed by atoms with Crippen molar-refractivity contribution in [3.8, 4) is 0 Å². The molecule has 0 bridgehead atoms. The van der Waals surface area contributed by atoms with Gasteiger partial charge in [0.05, 0.1) is 0 Å². The van der Waals surface area contributed by atoms with E-state index >= 15 is 0 Å². The van der Waals surface area contributed by atoms with Crippen molar-refractivity contribution in [1.29, 1.82) is 0 Å². The Kier molecular flexibility index (Phi) is 4.39. The minimum absolute atomic E-state index is 0.149. The van der Waals surface area contributed by atoms with E-state index < -0.39 is 30.1 Å². The lowest BCUT2D eigenvalue weighted by atomic mass is 10.3. The van der Waals surface area contributed by atoms with E-state index in [2.05, 4.69) is 15.4 Å². The molecule has 5 nitrogen and oxygen atoms in total. The molecular formula is C12H12F4N4O. The molecule has 0 saturated carbocycles. The lowest BCUT2D eigenvalue weighted by molar-refractivity contribution is 0.0947. The van der Waals surface area contributed by atoms with Crippen molar-refractivity contribution < 1.29 is 22.4 Å². The normalized spacial score (nSPS) is 11.6. The molecule has 114 valence electrons. The van der Waals surface area contributed by atoms with E-state index in [1.54, 1.807) is 0 Å². The third-order valence-electron chi connectivity index (χ3n) is 2.69. The second-order valence-corrected chi connectivity index (χ2v) is 4.26. The molecule has 0 spiro atoms. The number of nitrogens with zero attached hydrogens (tertiary/aromatic N) is 3. The highest BCUT2D eigenvalue weighted by atomic mass is 19.3. The van der Waals surface area contributed by atoms with Crippen LogP contribution < -0.4 is 5.32 Å². The minimum atomic E-state index is -3.01. The Labute approximate surface area is 117 Å². The molecule has 0 atom stereocenters. The van der Waals surface area contributed by atoms with Gasteiger partial charge in [0, 0.05) is 12.6 Å². The molecule has 0 unspecified atom stereocenters. The zero-order valence-corrected chi connectivity index (χ0v) is 11.0. The van der Waals surface area contributed by atoms with Gasteiger partial charge in [0.2, 0.25) is 0 Å². The Balaban J connectivity index is 2.50. The van der Waals surface area contributed by atoms with Crippen LogP contribution in [0, 0.1) is 0 Å². The minimum Gasteiger partial charge on any atom is -0.351 e. The number of hydrogen-bond donors (Lipinski definition) is 1. The molecule has 0 radical (unpaired) electrons. The van der Waals surface area contributed by atoms with E-state index in [0.29, 0.717) is 23.5 Å². The van der Waals surface area contributed by atoms with Gasteiger partial charge in [-0.1, -0.05) is 6.92 Å². The van der Waals surface area contributed by atoms with Crippen molar-refractivity contribution in [3.05, 3.63) is 29.2 Å². The highest BCUT2D eigenvalue weighted by molar-refractivity contribution is 5.93. The summed E-state index contributed by atoms with van der Waals surface area (Å²) < 4.78 is 51.9. The summed E-state index contributed by atoms with van der Waals surface area (Å²) in [6, 6.07) is 1.69. The summed E-state index contributed by atoms with van der Waals surface area (Å²) in [5.74, 6) is -0.568. The number of carbonyl (C=O) groups is 1. The van der Waals surface area contributed by atoms with Gasteiger partial charge < -0.3 is 5.32 Å². The van der Waals surface area contributed by atoms with Crippen LogP contribution in [0.1, 0.15) is 48.1 Å². The molecule has 0 aliphatic heterocycles. The standard InChI is InChI=1S/C12H12F4N4O/c1-2-3-17-12(21)7-5-9-18-6(10(13)14)4-8(11(15)16)20(9)19-7/h4-5,10-11H,2-3H2,1H3,(H,17,21). The fourth-order valence-electron chi connectivity index (χ4n) is 1.73. The Morgan fingerprint density at radius 2 is 2.00 bits per heavy atom. The number of halogens is 4. The molecule has 21 heavy (non-hydrogen) atoms. The van der Waals surface area contributed by atoms with E-state index in [0.717, 1.165) is 6.07 Å². The lowest BCUT2D eigenvalue weighted by Gasteiger charge is -2.06. The maximum Gasteiger partial charge on any atom is 0.280 e. The largest absolute Gasteiger partial charge is 0.351 e.